The van der Waals surface area contributed by atoms with Crippen LogP contribution in [0.15, 0.2) is 29.2 Å². The normalized spacial score (nSPS) is 13.0. The molecule has 0 aromatic heterocycles. The molecular weight excluding hydrogens is 284 g/mol. The standard InChI is InChI=1S/C12H18N2O3S2/c1-9(14-12(15)6-7-18-2)10-4-3-5-11(8-10)19(13,16)17/h3-5,8-9H,6-7H2,1-2H3,(H,14,15)(H2,13,16,17). The Hall–Kier alpha value is -1.05. The molecule has 1 unspecified atom stereocenters. The Morgan fingerprint density at radius 2 is 2.16 bits per heavy atom. The van der Waals surface area contributed by atoms with Gasteiger partial charge in [0.05, 0.1) is 10.9 Å². The summed E-state index contributed by atoms with van der Waals surface area (Å²) in [5.74, 6) is 0.707. The van der Waals surface area contributed by atoms with Crippen LogP contribution in [-0.2, 0) is 14.8 Å². The Morgan fingerprint density at radius 3 is 2.74 bits per heavy atom. The lowest BCUT2D eigenvalue weighted by Crippen LogP contribution is -2.27. The van der Waals surface area contributed by atoms with Gasteiger partial charge >= 0.3 is 0 Å². The van der Waals surface area contributed by atoms with E-state index in [0.717, 1.165) is 5.75 Å². The molecule has 0 aliphatic heterocycles. The smallest absolute Gasteiger partial charge is 0.238 e. The van der Waals surface area contributed by atoms with Gasteiger partial charge in [-0.05, 0) is 30.9 Å². The minimum atomic E-state index is -3.72. The molecular formula is C12H18N2O3S2. The minimum absolute atomic E-state index is 0.0511. The predicted octanol–water partition coefficient (Wildman–Crippen LogP) is 1.26. The first-order valence-corrected chi connectivity index (χ1v) is 8.69. The van der Waals surface area contributed by atoms with E-state index in [1.165, 1.54) is 12.1 Å². The van der Waals surface area contributed by atoms with Gasteiger partial charge in [-0.15, -0.1) is 0 Å². The fourth-order valence-corrected chi connectivity index (χ4v) is 2.51. The first kappa shape index (κ1) is 16.0. The van der Waals surface area contributed by atoms with Crippen molar-refractivity contribution in [3.63, 3.8) is 0 Å². The van der Waals surface area contributed by atoms with E-state index in [2.05, 4.69) is 5.32 Å². The van der Waals surface area contributed by atoms with Crippen LogP contribution in [0.3, 0.4) is 0 Å². The molecule has 1 rings (SSSR count). The zero-order valence-corrected chi connectivity index (χ0v) is 12.6. The van der Waals surface area contributed by atoms with E-state index in [4.69, 9.17) is 5.14 Å². The summed E-state index contributed by atoms with van der Waals surface area (Å²) in [4.78, 5) is 11.7. The number of sulfonamides is 1. The van der Waals surface area contributed by atoms with Crippen LogP contribution in [0.5, 0.6) is 0 Å². The molecule has 1 aromatic rings. The van der Waals surface area contributed by atoms with Crippen molar-refractivity contribution in [3.05, 3.63) is 29.8 Å². The molecule has 7 heteroatoms. The van der Waals surface area contributed by atoms with Gasteiger partial charge in [-0.25, -0.2) is 13.6 Å². The second-order valence-corrected chi connectivity index (χ2v) is 6.70. The van der Waals surface area contributed by atoms with Gasteiger partial charge in [-0.3, -0.25) is 4.79 Å². The molecule has 3 N–H and O–H groups in total. The molecule has 0 fully saturated rings. The molecule has 1 atom stereocenters. The van der Waals surface area contributed by atoms with E-state index >= 15 is 0 Å². The van der Waals surface area contributed by atoms with E-state index in [9.17, 15) is 13.2 Å². The summed E-state index contributed by atoms with van der Waals surface area (Å²) in [6.07, 6.45) is 2.38. The van der Waals surface area contributed by atoms with Crippen molar-refractivity contribution in [1.29, 1.82) is 0 Å². The van der Waals surface area contributed by atoms with Crippen LogP contribution in [0, 0.1) is 0 Å². The first-order valence-electron chi connectivity index (χ1n) is 5.75. The molecule has 106 valence electrons. The average molecular weight is 302 g/mol. The summed E-state index contributed by atoms with van der Waals surface area (Å²) in [6.45, 7) is 1.80. The molecule has 19 heavy (non-hydrogen) atoms. The van der Waals surface area contributed by atoms with Gasteiger partial charge in [0.25, 0.3) is 0 Å². The molecule has 0 saturated heterocycles. The van der Waals surface area contributed by atoms with Crippen LogP contribution in [0.25, 0.3) is 0 Å². The van der Waals surface area contributed by atoms with Gasteiger partial charge in [0.15, 0.2) is 0 Å². The quantitative estimate of drug-likeness (QED) is 0.828. The van der Waals surface area contributed by atoms with E-state index in [1.807, 2.05) is 6.26 Å². The van der Waals surface area contributed by atoms with Crippen molar-refractivity contribution in [2.45, 2.75) is 24.3 Å². The maximum atomic E-state index is 11.6. The zero-order valence-electron chi connectivity index (χ0n) is 10.9. The third kappa shape index (κ3) is 5.22. The first-order chi connectivity index (χ1) is 8.84. The average Bonchev–Trinajstić information content (AvgIpc) is 2.35. The summed E-state index contributed by atoms with van der Waals surface area (Å²) in [5, 5.41) is 7.90. The van der Waals surface area contributed by atoms with Crippen LogP contribution >= 0.6 is 11.8 Å². The maximum absolute atomic E-state index is 11.6. The number of primary sulfonamides is 1. The van der Waals surface area contributed by atoms with Crippen molar-refractivity contribution in [1.82, 2.24) is 5.32 Å². The number of benzene rings is 1. The summed E-state index contributed by atoms with van der Waals surface area (Å²) in [7, 11) is -3.72. The number of hydrogen-bond acceptors (Lipinski definition) is 4. The zero-order chi connectivity index (χ0) is 14.5. The fraction of sp³-hybridized carbons (Fsp3) is 0.417. The largest absolute Gasteiger partial charge is 0.350 e. The Bertz CT molecular complexity index is 544. The van der Waals surface area contributed by atoms with E-state index in [0.29, 0.717) is 12.0 Å². The lowest BCUT2D eigenvalue weighted by molar-refractivity contribution is -0.121. The van der Waals surface area contributed by atoms with Gasteiger partial charge < -0.3 is 5.32 Å². The summed E-state index contributed by atoms with van der Waals surface area (Å²) in [6, 6.07) is 6.03. The van der Waals surface area contributed by atoms with Crippen molar-refractivity contribution in [3.8, 4) is 0 Å². The van der Waals surface area contributed by atoms with Crippen LogP contribution in [0.4, 0.5) is 0 Å². The van der Waals surface area contributed by atoms with Crippen molar-refractivity contribution in [2.24, 2.45) is 5.14 Å². The van der Waals surface area contributed by atoms with Crippen molar-refractivity contribution in [2.75, 3.05) is 12.0 Å². The second kappa shape index (κ2) is 6.93. The summed E-state index contributed by atoms with van der Waals surface area (Å²) in [5.41, 5.74) is 0.712. The maximum Gasteiger partial charge on any atom is 0.238 e. The molecule has 1 amide bonds. The number of carbonyl (C=O) groups is 1. The van der Waals surface area contributed by atoms with Gasteiger partial charge in [0.1, 0.15) is 0 Å². The number of hydrogen-bond donors (Lipinski definition) is 2. The highest BCUT2D eigenvalue weighted by Gasteiger charge is 2.13. The number of thioether (sulfide) groups is 1. The van der Waals surface area contributed by atoms with Crippen LogP contribution in [0.2, 0.25) is 0 Å². The molecule has 0 saturated carbocycles. The summed E-state index contributed by atoms with van der Waals surface area (Å²) >= 11 is 1.60. The molecule has 0 aliphatic rings. The van der Waals surface area contributed by atoms with Crippen molar-refractivity contribution >= 4 is 27.7 Å². The molecule has 0 aliphatic carbocycles. The van der Waals surface area contributed by atoms with E-state index < -0.39 is 10.0 Å². The van der Waals surface area contributed by atoms with Gasteiger partial charge in [0, 0.05) is 12.2 Å². The van der Waals surface area contributed by atoms with Gasteiger partial charge in [0.2, 0.25) is 15.9 Å². The molecule has 0 heterocycles. The molecule has 0 bridgehead atoms. The Kier molecular flexibility index (Phi) is 5.84. The Labute approximate surface area is 118 Å². The Balaban J connectivity index is 2.77. The van der Waals surface area contributed by atoms with Crippen molar-refractivity contribution < 1.29 is 13.2 Å². The monoisotopic (exact) mass is 302 g/mol. The predicted molar refractivity (Wildman–Crippen MR) is 77.4 cm³/mol. The summed E-state index contributed by atoms with van der Waals surface area (Å²) < 4.78 is 22.5. The highest BCUT2D eigenvalue weighted by molar-refractivity contribution is 7.98. The number of carbonyl (C=O) groups excluding carboxylic acids is 1. The highest BCUT2D eigenvalue weighted by atomic mass is 32.2. The fourth-order valence-electron chi connectivity index (χ4n) is 1.55. The molecule has 0 spiro atoms. The highest BCUT2D eigenvalue weighted by Crippen LogP contribution is 2.16. The van der Waals surface area contributed by atoms with Gasteiger partial charge in [-0.2, -0.15) is 11.8 Å². The van der Waals surface area contributed by atoms with Crippen LogP contribution < -0.4 is 10.5 Å². The topological polar surface area (TPSA) is 89.3 Å². The third-order valence-corrected chi connectivity index (χ3v) is 4.12. The molecule has 1 aromatic carbocycles. The third-order valence-electron chi connectivity index (χ3n) is 2.60. The molecule has 5 nitrogen and oxygen atoms in total. The number of rotatable bonds is 6. The SMILES string of the molecule is CSCCC(=O)NC(C)c1cccc(S(N)(=O)=O)c1. The number of nitrogens with two attached hydrogens (primary N) is 1. The van der Waals surface area contributed by atoms with E-state index in [-0.39, 0.29) is 16.8 Å². The van der Waals surface area contributed by atoms with Crippen LogP contribution in [-0.4, -0.2) is 26.3 Å². The Morgan fingerprint density at radius 1 is 1.47 bits per heavy atom. The molecule has 0 radical (unpaired) electrons. The van der Waals surface area contributed by atoms with E-state index in [1.54, 1.807) is 30.8 Å². The number of nitrogens with one attached hydrogen (secondary N) is 1. The van der Waals surface area contributed by atoms with Crippen LogP contribution in [0.1, 0.15) is 24.9 Å². The lowest BCUT2D eigenvalue weighted by Gasteiger charge is -2.15. The minimum Gasteiger partial charge on any atom is -0.350 e. The lowest BCUT2D eigenvalue weighted by atomic mass is 10.1. The number of amides is 1. The second-order valence-electron chi connectivity index (χ2n) is 4.15. The van der Waals surface area contributed by atoms with Gasteiger partial charge in [-0.1, -0.05) is 12.1 Å².